The molecule has 0 bridgehead atoms. The van der Waals surface area contributed by atoms with E-state index >= 15 is 0 Å². The molecule has 0 radical (unpaired) electrons. The first kappa shape index (κ1) is 36.3. The molecule has 4 aliphatic heterocycles. The van der Waals surface area contributed by atoms with Crippen LogP contribution >= 0.6 is 23.2 Å². The predicted octanol–water partition coefficient (Wildman–Crippen LogP) is -0.370. The molecule has 4 amide bonds. The molecule has 7 rings (SSSR count). The maximum Gasteiger partial charge on any atom is 0.280 e. The highest BCUT2D eigenvalue weighted by atomic mass is 35.5. The lowest BCUT2D eigenvalue weighted by Gasteiger charge is -2.39. The van der Waals surface area contributed by atoms with Crippen LogP contribution in [0.4, 0.5) is 23.3 Å². The van der Waals surface area contributed by atoms with Gasteiger partial charge in [0, 0.05) is 37.3 Å². The van der Waals surface area contributed by atoms with Crippen LogP contribution < -0.4 is 44.2 Å². The summed E-state index contributed by atoms with van der Waals surface area (Å²) in [7, 11) is 0. The third-order valence-electron chi connectivity index (χ3n) is 9.94. The number of anilines is 4. The quantitative estimate of drug-likeness (QED) is 0.168. The van der Waals surface area contributed by atoms with Gasteiger partial charge in [0.2, 0.25) is 0 Å². The lowest BCUT2D eigenvalue weighted by molar-refractivity contribution is 0.0655. The molecule has 22 heteroatoms. The number of nitrogen functional groups attached to an aromatic ring is 4. The molecule has 1 aromatic carbocycles. The zero-order valence-electron chi connectivity index (χ0n) is 28.7. The molecule has 282 valence electrons. The maximum atomic E-state index is 13.4. The molecule has 4 aliphatic rings. The van der Waals surface area contributed by atoms with Crippen molar-refractivity contribution in [1.29, 1.82) is 0 Å². The van der Waals surface area contributed by atoms with Crippen LogP contribution in [0.25, 0.3) is 0 Å². The summed E-state index contributed by atoms with van der Waals surface area (Å²) in [6.45, 7) is 2.68. The average Bonchev–Trinajstić information content (AvgIpc) is 3.73. The Balaban J connectivity index is 0.866. The van der Waals surface area contributed by atoms with E-state index in [0.717, 1.165) is 0 Å². The molecular weight excluding hydrogens is 743 g/mol. The first-order valence-corrected chi connectivity index (χ1v) is 17.6. The minimum absolute atomic E-state index is 0.0792. The number of hydrogen-bond acceptors (Lipinski definition) is 16. The average molecular weight is 780 g/mol. The number of carbonyl (C=O) groups is 4. The molecule has 20 nitrogen and oxygen atoms in total. The minimum atomic E-state index is -0.633. The number of benzene rings is 1. The van der Waals surface area contributed by atoms with E-state index in [1.165, 1.54) is 0 Å². The van der Waals surface area contributed by atoms with Gasteiger partial charge in [-0.05, 0) is 49.9 Å². The molecule has 0 unspecified atom stereocenters. The number of hydrogen-bond donors (Lipinski definition) is 8. The monoisotopic (exact) mass is 778 g/mol. The second-order valence-corrected chi connectivity index (χ2v) is 14.2. The number of rotatable bonds is 4. The summed E-state index contributed by atoms with van der Waals surface area (Å²) in [5, 5.41) is 11.6. The highest BCUT2D eigenvalue weighted by Gasteiger charge is 2.42. The van der Waals surface area contributed by atoms with Crippen molar-refractivity contribution in [1.82, 2.24) is 51.0 Å². The molecule has 0 atom stereocenters. The number of halogens is 2. The molecule has 2 saturated heterocycles. The molecule has 2 aromatic heterocycles. The van der Waals surface area contributed by atoms with E-state index in [1.807, 2.05) is 0 Å². The first-order chi connectivity index (χ1) is 25.7. The molecule has 0 saturated carbocycles. The summed E-state index contributed by atoms with van der Waals surface area (Å²) >= 11 is 11.8. The second-order valence-electron chi connectivity index (χ2n) is 13.5. The molecule has 0 aliphatic carbocycles. The number of nitrogens with zero attached hydrogens (tertiary/aromatic N) is 8. The number of guanidine groups is 2. The zero-order chi connectivity index (χ0) is 38.4. The van der Waals surface area contributed by atoms with Crippen LogP contribution in [-0.2, 0) is 0 Å². The van der Waals surface area contributed by atoms with Crippen molar-refractivity contribution in [2.45, 2.75) is 36.8 Å². The van der Waals surface area contributed by atoms with Crippen LogP contribution in [0.2, 0.25) is 10.3 Å². The fourth-order valence-electron chi connectivity index (χ4n) is 6.78. The Morgan fingerprint density at radius 2 is 0.944 bits per heavy atom. The number of likely N-dealkylation sites (tertiary alicyclic amines) is 2. The SMILES string of the molecule is Nc1nc(N)c(C(=O)NC2=NCC3(CCN(C(=O)c4ccc(C(=O)N5CCC6(CC5)CN=C(NC(=O)c5nc(Cl)c(N)nc5N)N6)cc4)CC3)N2)nc1Cl. The summed E-state index contributed by atoms with van der Waals surface area (Å²) < 4.78 is 0. The van der Waals surface area contributed by atoms with Crippen molar-refractivity contribution in [2.24, 2.45) is 9.98 Å². The Kier molecular flexibility index (Phi) is 9.48. The van der Waals surface area contributed by atoms with E-state index in [-0.39, 0.29) is 68.7 Å². The maximum absolute atomic E-state index is 13.4. The van der Waals surface area contributed by atoms with Crippen LogP contribution in [0.3, 0.4) is 0 Å². The highest BCUT2D eigenvalue weighted by Crippen LogP contribution is 2.29. The molecule has 2 fully saturated rings. The Labute approximate surface area is 317 Å². The molecule has 3 aromatic rings. The van der Waals surface area contributed by atoms with E-state index < -0.39 is 22.9 Å². The van der Waals surface area contributed by atoms with E-state index in [2.05, 4.69) is 51.2 Å². The van der Waals surface area contributed by atoms with Gasteiger partial charge >= 0.3 is 0 Å². The lowest BCUT2D eigenvalue weighted by Crippen LogP contribution is -2.57. The van der Waals surface area contributed by atoms with Gasteiger partial charge in [0.05, 0.1) is 24.2 Å². The summed E-state index contributed by atoms with van der Waals surface area (Å²) in [5.41, 5.74) is 22.5. The number of aliphatic imine (C=N–C) groups is 2. The summed E-state index contributed by atoms with van der Waals surface area (Å²) in [6, 6.07) is 6.67. The standard InChI is InChI=1S/C32H36Cl2N16O4/c33-19-23(37)43-21(35)17(41-19)25(51)45-29-39-13-31(47-29)5-9-49(10-6-31)27(53)15-1-2-16(4-3-15)28(54)50-11-7-32(8-12-50)14-40-30(48-32)46-26(52)18-22(36)44-24(38)20(34)42-18/h1-4H,5-14H2,(H4,35,37,43)(H4,36,38,44)(H2,39,45,47,51)(H2,40,46,48,52). The van der Waals surface area contributed by atoms with Gasteiger partial charge in [-0.2, -0.15) is 0 Å². The van der Waals surface area contributed by atoms with E-state index in [0.29, 0.717) is 76.1 Å². The van der Waals surface area contributed by atoms with Crippen LogP contribution in [0.15, 0.2) is 34.3 Å². The smallest absolute Gasteiger partial charge is 0.280 e. The Morgan fingerprint density at radius 1 is 0.593 bits per heavy atom. The zero-order valence-corrected chi connectivity index (χ0v) is 30.2. The van der Waals surface area contributed by atoms with Crippen molar-refractivity contribution >= 4 is 82.0 Å². The van der Waals surface area contributed by atoms with E-state index in [1.54, 1.807) is 34.1 Å². The van der Waals surface area contributed by atoms with Crippen LogP contribution in [-0.4, -0.2) is 116 Å². The van der Waals surface area contributed by atoms with Crippen molar-refractivity contribution in [3.8, 4) is 0 Å². The normalized spacial score (nSPS) is 18.4. The molecule has 6 heterocycles. The van der Waals surface area contributed by atoms with E-state index in [9.17, 15) is 19.2 Å². The number of piperidine rings is 2. The third kappa shape index (κ3) is 7.16. The fourth-order valence-corrected chi connectivity index (χ4v) is 7.03. The summed E-state index contributed by atoms with van der Waals surface area (Å²) in [4.78, 5) is 80.2. The van der Waals surface area contributed by atoms with Gasteiger partial charge in [0.15, 0.2) is 56.9 Å². The lowest BCUT2D eigenvalue weighted by atomic mass is 9.88. The van der Waals surface area contributed by atoms with Gasteiger partial charge in [-0.15, -0.1) is 0 Å². The Morgan fingerprint density at radius 3 is 1.30 bits per heavy atom. The Bertz CT molecular complexity index is 1960. The van der Waals surface area contributed by atoms with Gasteiger partial charge in [-0.25, -0.2) is 19.9 Å². The number of nitrogens with one attached hydrogen (secondary N) is 4. The van der Waals surface area contributed by atoms with Crippen molar-refractivity contribution < 1.29 is 19.2 Å². The van der Waals surface area contributed by atoms with Gasteiger partial charge in [0.1, 0.15) is 0 Å². The number of nitrogens with two attached hydrogens (primary N) is 4. The fraction of sp³-hybridized carbons (Fsp3) is 0.375. The van der Waals surface area contributed by atoms with Gasteiger partial charge in [0.25, 0.3) is 23.6 Å². The number of amides is 4. The molecule has 54 heavy (non-hydrogen) atoms. The highest BCUT2D eigenvalue weighted by molar-refractivity contribution is 6.32. The second kappa shape index (κ2) is 14.1. The first-order valence-electron chi connectivity index (χ1n) is 16.9. The largest absolute Gasteiger partial charge is 0.382 e. The molecular formula is C32H36Cl2N16O4. The predicted molar refractivity (Wildman–Crippen MR) is 200 cm³/mol. The van der Waals surface area contributed by atoms with Crippen molar-refractivity contribution in [3.63, 3.8) is 0 Å². The van der Waals surface area contributed by atoms with Gasteiger partial charge < -0.3 is 43.4 Å². The van der Waals surface area contributed by atoms with Crippen LogP contribution in [0.5, 0.6) is 0 Å². The Hall–Kier alpha value is -6.02. The van der Waals surface area contributed by atoms with Gasteiger partial charge in [-0.1, -0.05) is 23.2 Å². The molecule has 12 N–H and O–H groups in total. The third-order valence-corrected chi connectivity index (χ3v) is 10.5. The van der Waals surface area contributed by atoms with Crippen molar-refractivity contribution in [3.05, 3.63) is 57.1 Å². The topological polar surface area (TPSA) is 303 Å². The minimum Gasteiger partial charge on any atom is -0.382 e. The summed E-state index contributed by atoms with van der Waals surface area (Å²) in [5.74, 6) is -1.50. The number of aromatic nitrogens is 4. The van der Waals surface area contributed by atoms with Crippen LogP contribution in [0, 0.1) is 0 Å². The molecule has 2 spiro atoms. The van der Waals surface area contributed by atoms with Crippen LogP contribution in [0.1, 0.15) is 67.4 Å². The van der Waals surface area contributed by atoms with Crippen molar-refractivity contribution in [2.75, 3.05) is 62.2 Å². The van der Waals surface area contributed by atoms with Gasteiger partial charge in [-0.3, -0.25) is 39.8 Å². The van der Waals surface area contributed by atoms with E-state index in [4.69, 9.17) is 46.1 Å². The number of carbonyl (C=O) groups excluding carboxylic acids is 4. The summed E-state index contributed by atoms with van der Waals surface area (Å²) in [6.07, 6.45) is 2.38.